The lowest BCUT2D eigenvalue weighted by molar-refractivity contribution is -0.147. The highest BCUT2D eigenvalue weighted by molar-refractivity contribution is 5.90. The van der Waals surface area contributed by atoms with Crippen LogP contribution < -0.4 is 16.0 Å². The van der Waals surface area contributed by atoms with Gasteiger partial charge in [0.25, 0.3) is 0 Å². The highest BCUT2D eigenvalue weighted by Crippen LogP contribution is 2.46. The molecule has 5 rings (SSSR count). The molecule has 1 aliphatic carbocycles. The van der Waals surface area contributed by atoms with E-state index in [1.54, 1.807) is 12.1 Å². The van der Waals surface area contributed by atoms with Crippen LogP contribution in [0.3, 0.4) is 0 Å². The average Bonchev–Trinajstić information content (AvgIpc) is 3.00. The van der Waals surface area contributed by atoms with Crippen molar-refractivity contribution in [3.8, 4) is 0 Å². The van der Waals surface area contributed by atoms with Crippen LogP contribution in [-0.4, -0.2) is 83.9 Å². The summed E-state index contributed by atoms with van der Waals surface area (Å²) in [6.45, 7) is 9.46. The number of amides is 3. The van der Waals surface area contributed by atoms with Crippen molar-refractivity contribution in [2.24, 2.45) is 11.3 Å². The first-order valence-electron chi connectivity index (χ1n) is 16.7. The summed E-state index contributed by atoms with van der Waals surface area (Å²) >= 11 is 0. The van der Waals surface area contributed by atoms with Gasteiger partial charge >= 0.3 is 0 Å². The summed E-state index contributed by atoms with van der Waals surface area (Å²) in [7, 11) is 0. The molecule has 0 radical (unpaired) electrons. The second-order valence-corrected chi connectivity index (χ2v) is 14.5. The zero-order chi connectivity index (χ0) is 30.6. The number of hydrogen-bond acceptors (Lipinski definition) is 5. The second-order valence-electron chi connectivity index (χ2n) is 14.5. The second kappa shape index (κ2) is 13.6. The Balaban J connectivity index is 1.29. The maximum absolute atomic E-state index is 14.1. The normalized spacial score (nSPS) is 25.8. The van der Waals surface area contributed by atoms with Crippen LogP contribution in [0, 0.1) is 17.2 Å². The first-order chi connectivity index (χ1) is 20.5. The van der Waals surface area contributed by atoms with Crippen LogP contribution in [0.25, 0.3) is 0 Å². The van der Waals surface area contributed by atoms with Gasteiger partial charge in [-0.1, -0.05) is 37.8 Å². The van der Waals surface area contributed by atoms with Crippen LogP contribution in [0.1, 0.15) is 90.5 Å². The van der Waals surface area contributed by atoms with Crippen LogP contribution in [0.15, 0.2) is 24.3 Å². The standard InChI is InChI=1S/C34H52FN5O3/c1-33(2,3)38-32(43)34(25-9-5-4-6-10-25)16-19-39(20-17-34)31(42)28(21-24-12-14-26(35)15-13-24)37-30(41)29-23-40-18-8-7-11-27(40)22-36-29/h12-15,25,27-29,36H,4-11,16-23H2,1-3H3,(H,37,41)(H,38,43)/t27?,28-,29?/m1/s1. The zero-order valence-electron chi connectivity index (χ0n) is 26.4. The Morgan fingerprint density at radius 1 is 0.977 bits per heavy atom. The number of likely N-dealkylation sites (tertiary alicyclic amines) is 1. The number of rotatable bonds is 7. The summed E-state index contributed by atoms with van der Waals surface area (Å²) in [5.74, 6) is -0.178. The fourth-order valence-corrected chi connectivity index (χ4v) is 7.90. The molecule has 0 spiro atoms. The number of carbonyl (C=O) groups is 3. The first-order valence-corrected chi connectivity index (χ1v) is 16.7. The molecule has 0 bridgehead atoms. The minimum absolute atomic E-state index is 0.120. The number of hydrogen-bond donors (Lipinski definition) is 3. The first kappa shape index (κ1) is 31.9. The van der Waals surface area contributed by atoms with Crippen LogP contribution in [0.4, 0.5) is 4.39 Å². The Bertz CT molecular complexity index is 1120. The molecule has 3 amide bonds. The summed E-state index contributed by atoms with van der Waals surface area (Å²) in [4.78, 5) is 45.7. The van der Waals surface area contributed by atoms with Crippen LogP contribution in [0.2, 0.25) is 0 Å². The molecule has 1 aromatic rings. The Morgan fingerprint density at radius 3 is 2.33 bits per heavy atom. The molecule has 1 aromatic carbocycles. The lowest BCUT2D eigenvalue weighted by Gasteiger charge is -2.48. The molecule has 4 fully saturated rings. The van der Waals surface area contributed by atoms with E-state index in [1.165, 1.54) is 25.0 Å². The Labute approximate surface area is 256 Å². The van der Waals surface area contributed by atoms with E-state index in [9.17, 15) is 18.8 Å². The lowest BCUT2D eigenvalue weighted by Crippen LogP contribution is -2.64. The van der Waals surface area contributed by atoms with Gasteiger partial charge in [0.05, 0.1) is 11.5 Å². The smallest absolute Gasteiger partial charge is 0.245 e. The zero-order valence-corrected chi connectivity index (χ0v) is 26.4. The molecule has 8 nitrogen and oxygen atoms in total. The number of nitrogens with zero attached hydrogens (tertiary/aromatic N) is 2. The van der Waals surface area contributed by atoms with Gasteiger partial charge in [-0.2, -0.15) is 0 Å². The summed E-state index contributed by atoms with van der Waals surface area (Å²) in [6, 6.07) is 5.49. The van der Waals surface area contributed by atoms with Gasteiger partial charge in [-0.05, 0) is 89.5 Å². The van der Waals surface area contributed by atoms with Crippen molar-refractivity contribution < 1.29 is 18.8 Å². The Hall–Kier alpha value is -2.52. The Kier molecular flexibility index (Phi) is 10.1. The summed E-state index contributed by atoms with van der Waals surface area (Å²) in [6.07, 6.45) is 10.7. The molecule has 2 unspecified atom stereocenters. The number of carbonyl (C=O) groups excluding carboxylic acids is 3. The molecule has 43 heavy (non-hydrogen) atoms. The molecule has 3 N–H and O–H groups in total. The van der Waals surface area contributed by atoms with Crippen LogP contribution >= 0.6 is 0 Å². The molecule has 3 saturated heterocycles. The molecule has 4 aliphatic rings. The fourth-order valence-electron chi connectivity index (χ4n) is 7.90. The molecule has 3 aliphatic heterocycles. The maximum atomic E-state index is 14.1. The number of benzene rings is 1. The molecular formula is C34H52FN5O3. The summed E-state index contributed by atoms with van der Waals surface area (Å²) < 4.78 is 13.7. The van der Waals surface area contributed by atoms with Crippen molar-refractivity contribution in [3.05, 3.63) is 35.6 Å². The van der Waals surface area contributed by atoms with Crippen molar-refractivity contribution in [1.82, 2.24) is 25.8 Å². The third-order valence-electron chi connectivity index (χ3n) is 10.3. The topological polar surface area (TPSA) is 93.8 Å². The fraction of sp³-hybridized carbons (Fsp3) is 0.735. The largest absolute Gasteiger partial charge is 0.351 e. The Morgan fingerprint density at radius 2 is 1.65 bits per heavy atom. The number of piperazine rings is 1. The third kappa shape index (κ3) is 7.77. The summed E-state index contributed by atoms with van der Waals surface area (Å²) in [5, 5.41) is 9.78. The molecule has 3 atom stereocenters. The quantitative estimate of drug-likeness (QED) is 0.445. The number of fused-ring (bicyclic) bond motifs is 1. The van der Waals surface area contributed by atoms with Gasteiger partial charge in [0, 0.05) is 44.2 Å². The highest BCUT2D eigenvalue weighted by atomic mass is 19.1. The molecular weight excluding hydrogens is 545 g/mol. The molecule has 238 valence electrons. The van der Waals surface area contributed by atoms with Crippen molar-refractivity contribution >= 4 is 17.7 Å². The van der Waals surface area contributed by atoms with Crippen molar-refractivity contribution in [2.75, 3.05) is 32.7 Å². The van der Waals surface area contributed by atoms with E-state index in [-0.39, 0.29) is 35.1 Å². The van der Waals surface area contributed by atoms with Gasteiger partial charge in [0.1, 0.15) is 11.9 Å². The summed E-state index contributed by atoms with van der Waals surface area (Å²) in [5.41, 5.74) is 0.000262. The van der Waals surface area contributed by atoms with Crippen LogP contribution in [-0.2, 0) is 20.8 Å². The third-order valence-corrected chi connectivity index (χ3v) is 10.3. The van der Waals surface area contributed by atoms with Gasteiger partial charge in [-0.25, -0.2) is 4.39 Å². The molecule has 0 aromatic heterocycles. The number of nitrogens with one attached hydrogen (secondary N) is 3. The monoisotopic (exact) mass is 597 g/mol. The van der Waals surface area contributed by atoms with E-state index in [0.717, 1.165) is 57.2 Å². The minimum Gasteiger partial charge on any atom is -0.351 e. The van der Waals surface area contributed by atoms with Gasteiger partial charge in [-0.3, -0.25) is 19.3 Å². The molecule has 9 heteroatoms. The minimum atomic E-state index is -0.760. The van der Waals surface area contributed by atoms with E-state index in [0.29, 0.717) is 50.9 Å². The van der Waals surface area contributed by atoms with Crippen molar-refractivity contribution in [1.29, 1.82) is 0 Å². The van der Waals surface area contributed by atoms with Crippen molar-refractivity contribution in [2.45, 2.75) is 115 Å². The average molecular weight is 598 g/mol. The lowest BCUT2D eigenvalue weighted by atomic mass is 9.63. The van der Waals surface area contributed by atoms with Gasteiger partial charge < -0.3 is 20.9 Å². The predicted octanol–water partition coefficient (Wildman–Crippen LogP) is 3.78. The van der Waals surface area contributed by atoms with Gasteiger partial charge in [0.15, 0.2) is 0 Å². The SMILES string of the molecule is CC(C)(C)NC(=O)C1(C2CCCCC2)CCN(C(=O)[C@@H](Cc2ccc(F)cc2)NC(=O)C2CN3CCCCC3CN2)CC1. The highest BCUT2D eigenvalue weighted by Gasteiger charge is 2.49. The number of piperidine rings is 2. The van der Waals surface area contributed by atoms with E-state index >= 15 is 0 Å². The van der Waals surface area contributed by atoms with E-state index in [2.05, 4.69) is 20.9 Å². The number of halogens is 1. The van der Waals surface area contributed by atoms with E-state index in [4.69, 9.17) is 0 Å². The molecule has 1 saturated carbocycles. The van der Waals surface area contributed by atoms with Crippen molar-refractivity contribution in [3.63, 3.8) is 0 Å². The predicted molar refractivity (Wildman–Crippen MR) is 166 cm³/mol. The van der Waals surface area contributed by atoms with E-state index in [1.807, 2.05) is 25.7 Å². The van der Waals surface area contributed by atoms with Gasteiger partial charge in [0.2, 0.25) is 17.7 Å². The van der Waals surface area contributed by atoms with E-state index < -0.39 is 11.5 Å². The molecule has 3 heterocycles. The van der Waals surface area contributed by atoms with Gasteiger partial charge in [-0.15, -0.1) is 0 Å². The maximum Gasteiger partial charge on any atom is 0.245 e. The van der Waals surface area contributed by atoms with Crippen LogP contribution in [0.5, 0.6) is 0 Å².